The summed E-state index contributed by atoms with van der Waals surface area (Å²) in [6.07, 6.45) is 0.964. The average molecular weight is 246 g/mol. The number of amides is 1. The minimum absolute atomic E-state index is 0.00991. The van der Waals surface area contributed by atoms with Gasteiger partial charge in [0.05, 0.1) is 18.5 Å². The molecule has 1 saturated heterocycles. The molecular formula is C11H22N2O2S. The van der Waals surface area contributed by atoms with E-state index in [0.29, 0.717) is 13.2 Å². The number of hydrogen-bond acceptors (Lipinski definition) is 4. The lowest BCUT2D eigenvalue weighted by molar-refractivity contribution is -0.134. The molecule has 0 aromatic carbocycles. The van der Waals surface area contributed by atoms with Gasteiger partial charge in [-0.3, -0.25) is 4.79 Å². The van der Waals surface area contributed by atoms with E-state index in [2.05, 4.69) is 6.92 Å². The number of ether oxygens (including phenoxy) is 1. The van der Waals surface area contributed by atoms with Gasteiger partial charge in [0.2, 0.25) is 5.91 Å². The van der Waals surface area contributed by atoms with E-state index < -0.39 is 0 Å². The van der Waals surface area contributed by atoms with E-state index in [1.807, 2.05) is 11.8 Å². The Morgan fingerprint density at radius 3 is 2.69 bits per heavy atom. The predicted molar refractivity (Wildman–Crippen MR) is 67.6 cm³/mol. The number of carbonyl (C=O) groups is 1. The Kier molecular flexibility index (Phi) is 6.16. The number of rotatable bonds is 5. The van der Waals surface area contributed by atoms with Crippen molar-refractivity contribution in [1.29, 1.82) is 0 Å². The summed E-state index contributed by atoms with van der Waals surface area (Å²) in [7, 11) is 0. The number of morpholine rings is 1. The first-order chi connectivity index (χ1) is 7.65. The van der Waals surface area contributed by atoms with Gasteiger partial charge >= 0.3 is 0 Å². The van der Waals surface area contributed by atoms with E-state index in [-0.39, 0.29) is 17.2 Å². The summed E-state index contributed by atoms with van der Waals surface area (Å²) in [6, 6.07) is 0.199. The van der Waals surface area contributed by atoms with Gasteiger partial charge < -0.3 is 15.4 Å². The summed E-state index contributed by atoms with van der Waals surface area (Å²) in [4.78, 5) is 13.9. The first-order valence-corrected chi connectivity index (χ1v) is 6.93. The van der Waals surface area contributed by atoms with Gasteiger partial charge in [-0.1, -0.05) is 6.92 Å². The van der Waals surface area contributed by atoms with Gasteiger partial charge in [0.1, 0.15) is 0 Å². The van der Waals surface area contributed by atoms with Crippen LogP contribution in [0, 0.1) is 0 Å². The van der Waals surface area contributed by atoms with Crippen LogP contribution >= 0.6 is 11.8 Å². The Bertz CT molecular complexity index is 220. The Morgan fingerprint density at radius 2 is 2.12 bits per heavy atom. The maximum Gasteiger partial charge on any atom is 0.235 e. The molecule has 1 heterocycles. The lowest BCUT2D eigenvalue weighted by Gasteiger charge is -2.29. The zero-order valence-electron chi connectivity index (χ0n) is 10.1. The highest BCUT2D eigenvalue weighted by atomic mass is 32.2. The van der Waals surface area contributed by atoms with E-state index in [0.717, 1.165) is 25.3 Å². The van der Waals surface area contributed by atoms with E-state index in [1.54, 1.807) is 11.8 Å². The van der Waals surface area contributed by atoms with Gasteiger partial charge in [-0.2, -0.15) is 0 Å². The van der Waals surface area contributed by atoms with Crippen LogP contribution in [0.4, 0.5) is 0 Å². The Balaban J connectivity index is 2.29. The molecule has 94 valence electrons. The van der Waals surface area contributed by atoms with Crippen molar-refractivity contribution >= 4 is 17.7 Å². The predicted octanol–water partition coefficient (Wildman–Crippen LogP) is 0.704. The minimum atomic E-state index is 0.00991. The zero-order valence-corrected chi connectivity index (χ0v) is 11.0. The summed E-state index contributed by atoms with van der Waals surface area (Å²) < 4.78 is 5.22. The van der Waals surface area contributed by atoms with Crippen molar-refractivity contribution in [2.24, 2.45) is 5.73 Å². The van der Waals surface area contributed by atoms with E-state index >= 15 is 0 Å². The molecule has 1 aliphatic heterocycles. The van der Waals surface area contributed by atoms with Gasteiger partial charge in [0.15, 0.2) is 0 Å². The van der Waals surface area contributed by atoms with Gasteiger partial charge in [-0.05, 0) is 13.3 Å². The van der Waals surface area contributed by atoms with Crippen molar-refractivity contribution in [2.45, 2.75) is 31.6 Å². The molecule has 2 unspecified atom stereocenters. The SMILES string of the molecule is CCC(N)CSC(C)C(=O)N1CCOCC1. The molecule has 1 aliphatic rings. The lowest BCUT2D eigenvalue weighted by atomic mass is 10.3. The van der Waals surface area contributed by atoms with Crippen LogP contribution < -0.4 is 5.73 Å². The molecule has 16 heavy (non-hydrogen) atoms. The van der Waals surface area contributed by atoms with Gasteiger partial charge in [-0.25, -0.2) is 0 Å². The lowest BCUT2D eigenvalue weighted by Crippen LogP contribution is -2.44. The first-order valence-electron chi connectivity index (χ1n) is 5.88. The maximum absolute atomic E-state index is 12.0. The molecule has 0 radical (unpaired) electrons. The smallest absolute Gasteiger partial charge is 0.235 e. The second kappa shape index (κ2) is 7.14. The number of nitrogens with zero attached hydrogens (tertiary/aromatic N) is 1. The van der Waals surface area contributed by atoms with E-state index in [9.17, 15) is 4.79 Å². The molecule has 0 saturated carbocycles. The quantitative estimate of drug-likeness (QED) is 0.776. The van der Waals surface area contributed by atoms with Gasteiger partial charge in [-0.15, -0.1) is 11.8 Å². The monoisotopic (exact) mass is 246 g/mol. The molecule has 0 aromatic heterocycles. The third kappa shape index (κ3) is 4.31. The van der Waals surface area contributed by atoms with Crippen molar-refractivity contribution in [2.75, 3.05) is 32.1 Å². The Hall–Kier alpha value is -0.260. The molecule has 1 amide bonds. The highest BCUT2D eigenvalue weighted by Gasteiger charge is 2.22. The van der Waals surface area contributed by atoms with Crippen LogP contribution in [-0.2, 0) is 9.53 Å². The average Bonchev–Trinajstić information content (AvgIpc) is 2.35. The van der Waals surface area contributed by atoms with Crippen molar-refractivity contribution < 1.29 is 9.53 Å². The standard InChI is InChI=1S/C11H22N2O2S/c1-3-10(12)8-16-9(2)11(14)13-4-6-15-7-5-13/h9-10H,3-8,12H2,1-2H3. The molecule has 1 fully saturated rings. The van der Waals surface area contributed by atoms with Crippen molar-refractivity contribution in [3.05, 3.63) is 0 Å². The Morgan fingerprint density at radius 1 is 1.50 bits per heavy atom. The van der Waals surface area contributed by atoms with Crippen LogP contribution in [0.5, 0.6) is 0 Å². The van der Waals surface area contributed by atoms with E-state index in [1.165, 1.54) is 0 Å². The minimum Gasteiger partial charge on any atom is -0.378 e. The molecule has 0 aromatic rings. The second-order valence-electron chi connectivity index (χ2n) is 4.08. The van der Waals surface area contributed by atoms with Crippen LogP contribution in [0.2, 0.25) is 0 Å². The normalized spacial score (nSPS) is 20.6. The highest BCUT2D eigenvalue weighted by molar-refractivity contribution is 8.00. The number of hydrogen-bond donors (Lipinski definition) is 1. The molecule has 1 rings (SSSR count). The molecule has 4 nitrogen and oxygen atoms in total. The molecule has 2 N–H and O–H groups in total. The van der Waals surface area contributed by atoms with Crippen molar-refractivity contribution in [3.8, 4) is 0 Å². The molecular weight excluding hydrogens is 224 g/mol. The highest BCUT2D eigenvalue weighted by Crippen LogP contribution is 2.15. The topological polar surface area (TPSA) is 55.6 Å². The largest absolute Gasteiger partial charge is 0.378 e. The molecule has 0 spiro atoms. The number of nitrogens with two attached hydrogens (primary N) is 1. The number of carbonyl (C=O) groups excluding carboxylic acids is 1. The first kappa shape index (κ1) is 13.8. The van der Waals surface area contributed by atoms with Crippen LogP contribution in [-0.4, -0.2) is 54.2 Å². The summed E-state index contributed by atoms with van der Waals surface area (Å²) >= 11 is 1.65. The fourth-order valence-electron chi connectivity index (χ4n) is 1.50. The van der Waals surface area contributed by atoms with Crippen LogP contribution in [0.3, 0.4) is 0 Å². The third-order valence-corrected chi connectivity index (χ3v) is 4.08. The van der Waals surface area contributed by atoms with Gasteiger partial charge in [0.25, 0.3) is 0 Å². The van der Waals surface area contributed by atoms with Crippen molar-refractivity contribution in [1.82, 2.24) is 4.90 Å². The molecule has 2 atom stereocenters. The van der Waals surface area contributed by atoms with Gasteiger partial charge in [0, 0.05) is 24.9 Å². The van der Waals surface area contributed by atoms with Crippen LogP contribution in [0.1, 0.15) is 20.3 Å². The van der Waals surface area contributed by atoms with Crippen LogP contribution in [0.15, 0.2) is 0 Å². The number of thioether (sulfide) groups is 1. The second-order valence-corrected chi connectivity index (χ2v) is 5.46. The Labute approximate surface area is 102 Å². The molecule has 0 aliphatic carbocycles. The molecule has 0 bridgehead atoms. The van der Waals surface area contributed by atoms with E-state index in [4.69, 9.17) is 10.5 Å². The van der Waals surface area contributed by atoms with Crippen LogP contribution in [0.25, 0.3) is 0 Å². The fourth-order valence-corrected chi connectivity index (χ4v) is 2.56. The fraction of sp³-hybridized carbons (Fsp3) is 0.909. The third-order valence-electron chi connectivity index (χ3n) is 2.76. The maximum atomic E-state index is 12.0. The van der Waals surface area contributed by atoms with Crippen molar-refractivity contribution in [3.63, 3.8) is 0 Å². The molecule has 5 heteroatoms. The summed E-state index contributed by atoms with van der Waals surface area (Å²) in [6.45, 7) is 6.81. The summed E-state index contributed by atoms with van der Waals surface area (Å²) in [5.74, 6) is 1.07. The summed E-state index contributed by atoms with van der Waals surface area (Å²) in [5, 5.41) is 0.00991. The summed E-state index contributed by atoms with van der Waals surface area (Å²) in [5.41, 5.74) is 5.83. The zero-order chi connectivity index (χ0) is 12.0.